The summed E-state index contributed by atoms with van der Waals surface area (Å²) in [4.78, 5) is 22.6. The van der Waals surface area contributed by atoms with Crippen molar-refractivity contribution in [2.45, 2.75) is 13.8 Å². The quantitative estimate of drug-likeness (QED) is 0.683. The van der Waals surface area contributed by atoms with Crippen LogP contribution in [0.1, 0.15) is 13.8 Å². The summed E-state index contributed by atoms with van der Waals surface area (Å²) in [5, 5.41) is 2.50. The predicted octanol–water partition coefficient (Wildman–Crippen LogP) is 2.93. The third-order valence-corrected chi connectivity index (χ3v) is 2.19. The van der Waals surface area contributed by atoms with Gasteiger partial charge in [-0.1, -0.05) is 17.2 Å². The van der Waals surface area contributed by atoms with Gasteiger partial charge in [0.05, 0.1) is 5.69 Å². The van der Waals surface area contributed by atoms with E-state index in [9.17, 15) is 14.0 Å². The number of rotatable bonds is 4. The van der Waals surface area contributed by atoms with E-state index in [2.05, 4.69) is 10.1 Å². The van der Waals surface area contributed by atoms with Gasteiger partial charge in [-0.3, -0.25) is 4.79 Å². The van der Waals surface area contributed by atoms with E-state index in [4.69, 9.17) is 11.6 Å². The van der Waals surface area contributed by atoms with Gasteiger partial charge in [-0.2, -0.15) is 0 Å². The first-order valence-electron chi connectivity index (χ1n) is 5.45. The Kier molecular flexibility index (Phi) is 5.51. The first kappa shape index (κ1) is 15.2. The molecule has 0 fully saturated rings. The van der Waals surface area contributed by atoms with Crippen LogP contribution in [0.5, 0.6) is 0 Å². The van der Waals surface area contributed by atoms with E-state index in [1.165, 1.54) is 18.2 Å². The largest absolute Gasteiger partial charge is 0.452 e. The molecule has 0 aliphatic carbocycles. The van der Waals surface area contributed by atoms with Gasteiger partial charge in [0.1, 0.15) is 5.82 Å². The molecule has 1 aromatic rings. The zero-order valence-electron chi connectivity index (χ0n) is 10.5. The Morgan fingerprint density at radius 2 is 2.11 bits per heavy atom. The molecule has 0 radical (unpaired) electrons. The third-order valence-electron chi connectivity index (χ3n) is 1.96. The Balaban J connectivity index is 2.52. The summed E-state index contributed by atoms with van der Waals surface area (Å²) in [6.07, 6.45) is 1.26. The number of benzene rings is 1. The second-order valence-corrected chi connectivity index (χ2v) is 4.44. The lowest BCUT2D eigenvalue weighted by atomic mass is 10.3. The number of allylic oxidation sites excluding steroid dienone is 1. The highest BCUT2D eigenvalue weighted by Gasteiger charge is 2.09. The van der Waals surface area contributed by atoms with Gasteiger partial charge in [0.25, 0.3) is 5.91 Å². The molecular formula is C13H13ClFNO3. The Hall–Kier alpha value is -1.88. The van der Waals surface area contributed by atoms with E-state index in [-0.39, 0.29) is 10.7 Å². The number of ether oxygens (including phenoxy) is 1. The van der Waals surface area contributed by atoms with Crippen molar-refractivity contribution in [1.82, 2.24) is 0 Å². The molecular weight excluding hydrogens is 273 g/mol. The summed E-state index contributed by atoms with van der Waals surface area (Å²) in [5.74, 6) is -1.90. The van der Waals surface area contributed by atoms with Gasteiger partial charge in [0, 0.05) is 11.1 Å². The second kappa shape index (κ2) is 6.89. The average Bonchev–Trinajstić information content (AvgIpc) is 2.29. The normalized spacial score (nSPS) is 9.68. The lowest BCUT2D eigenvalue weighted by Crippen LogP contribution is -2.20. The van der Waals surface area contributed by atoms with E-state index in [0.717, 1.165) is 11.6 Å². The number of hydrogen-bond donors (Lipinski definition) is 1. The summed E-state index contributed by atoms with van der Waals surface area (Å²) in [7, 11) is 0. The second-order valence-electron chi connectivity index (χ2n) is 4.00. The maximum Gasteiger partial charge on any atom is 0.331 e. The highest BCUT2D eigenvalue weighted by molar-refractivity contribution is 6.30. The lowest BCUT2D eigenvalue weighted by molar-refractivity contribution is -0.142. The van der Waals surface area contributed by atoms with E-state index in [1.54, 1.807) is 13.8 Å². The molecule has 0 spiro atoms. The van der Waals surface area contributed by atoms with Crippen molar-refractivity contribution < 1.29 is 18.7 Å². The van der Waals surface area contributed by atoms with E-state index in [1.807, 2.05) is 0 Å². The number of carbonyl (C=O) groups excluding carboxylic acids is 2. The Morgan fingerprint density at radius 3 is 2.68 bits per heavy atom. The molecule has 0 unspecified atom stereocenters. The van der Waals surface area contributed by atoms with E-state index in [0.29, 0.717) is 0 Å². The number of nitrogens with one attached hydrogen (secondary N) is 1. The van der Waals surface area contributed by atoms with Crippen LogP contribution in [-0.2, 0) is 14.3 Å². The third kappa shape index (κ3) is 5.52. The molecule has 6 heteroatoms. The molecule has 0 bridgehead atoms. The first-order valence-corrected chi connectivity index (χ1v) is 5.83. The molecule has 4 nitrogen and oxygen atoms in total. The minimum absolute atomic E-state index is 0.0207. The molecule has 0 aromatic heterocycles. The maximum atomic E-state index is 13.4. The van der Waals surface area contributed by atoms with Gasteiger partial charge in [-0.25, -0.2) is 9.18 Å². The monoisotopic (exact) mass is 285 g/mol. The van der Waals surface area contributed by atoms with Gasteiger partial charge < -0.3 is 10.1 Å². The van der Waals surface area contributed by atoms with Crippen molar-refractivity contribution in [2.75, 3.05) is 11.9 Å². The number of esters is 1. The average molecular weight is 286 g/mol. The van der Waals surface area contributed by atoms with Gasteiger partial charge in [-0.05, 0) is 32.0 Å². The number of carbonyl (C=O) groups is 2. The van der Waals surface area contributed by atoms with Crippen LogP contribution >= 0.6 is 11.6 Å². The minimum atomic E-state index is -0.656. The van der Waals surface area contributed by atoms with Gasteiger partial charge >= 0.3 is 5.97 Å². The van der Waals surface area contributed by atoms with Crippen LogP contribution in [-0.4, -0.2) is 18.5 Å². The molecule has 1 aromatic carbocycles. The molecule has 1 rings (SSSR count). The number of hydrogen-bond acceptors (Lipinski definition) is 3. The Bertz CT molecular complexity index is 525. The van der Waals surface area contributed by atoms with Gasteiger partial charge in [0.2, 0.25) is 0 Å². The molecule has 1 amide bonds. The fourth-order valence-corrected chi connectivity index (χ4v) is 1.35. The molecule has 0 saturated heterocycles. The standard InChI is InChI=1S/C13H13ClFNO3/c1-8(2)5-13(18)19-7-12(17)16-11-4-3-9(14)6-10(11)15/h3-6H,7H2,1-2H3,(H,16,17). The highest BCUT2D eigenvalue weighted by atomic mass is 35.5. The molecule has 0 heterocycles. The molecule has 19 heavy (non-hydrogen) atoms. The number of halogens is 2. The van der Waals surface area contributed by atoms with Crippen LogP contribution < -0.4 is 5.32 Å². The Labute approximate surface area is 115 Å². The molecule has 0 saturated carbocycles. The summed E-state index contributed by atoms with van der Waals surface area (Å²) in [6, 6.07) is 3.84. The van der Waals surface area contributed by atoms with Crippen molar-refractivity contribution >= 4 is 29.2 Å². The van der Waals surface area contributed by atoms with E-state index < -0.39 is 24.3 Å². The molecule has 1 N–H and O–H groups in total. The number of anilines is 1. The van der Waals surface area contributed by atoms with Crippen LogP contribution in [0.2, 0.25) is 5.02 Å². The van der Waals surface area contributed by atoms with Crippen LogP contribution in [0, 0.1) is 5.82 Å². The van der Waals surface area contributed by atoms with Crippen LogP contribution in [0.15, 0.2) is 29.8 Å². The van der Waals surface area contributed by atoms with Crippen LogP contribution in [0.25, 0.3) is 0 Å². The predicted molar refractivity (Wildman–Crippen MR) is 70.4 cm³/mol. The van der Waals surface area contributed by atoms with Crippen LogP contribution in [0.4, 0.5) is 10.1 Å². The van der Waals surface area contributed by atoms with E-state index >= 15 is 0 Å². The summed E-state index contributed by atoms with van der Waals surface area (Å²) in [5.41, 5.74) is 0.738. The Morgan fingerprint density at radius 1 is 1.42 bits per heavy atom. The molecule has 0 aliphatic heterocycles. The lowest BCUT2D eigenvalue weighted by Gasteiger charge is -2.06. The fourth-order valence-electron chi connectivity index (χ4n) is 1.19. The molecule has 0 atom stereocenters. The summed E-state index contributed by atoms with van der Waals surface area (Å²) in [6.45, 7) is 2.97. The van der Waals surface area contributed by atoms with Gasteiger partial charge in [0.15, 0.2) is 6.61 Å². The van der Waals surface area contributed by atoms with Gasteiger partial charge in [-0.15, -0.1) is 0 Å². The van der Waals surface area contributed by atoms with Crippen molar-refractivity contribution in [3.63, 3.8) is 0 Å². The highest BCUT2D eigenvalue weighted by Crippen LogP contribution is 2.18. The number of amides is 1. The zero-order valence-corrected chi connectivity index (χ0v) is 11.3. The SMILES string of the molecule is CC(C)=CC(=O)OCC(=O)Nc1ccc(Cl)cc1F. The van der Waals surface area contributed by atoms with Crippen molar-refractivity contribution in [1.29, 1.82) is 0 Å². The fraction of sp³-hybridized carbons (Fsp3) is 0.231. The zero-order chi connectivity index (χ0) is 14.4. The van der Waals surface area contributed by atoms with Crippen LogP contribution in [0.3, 0.4) is 0 Å². The summed E-state index contributed by atoms with van der Waals surface area (Å²) >= 11 is 5.58. The topological polar surface area (TPSA) is 55.4 Å². The van der Waals surface area contributed by atoms with Crippen molar-refractivity contribution in [3.8, 4) is 0 Å². The molecule has 102 valence electrons. The minimum Gasteiger partial charge on any atom is -0.452 e. The first-order chi connectivity index (χ1) is 8.88. The van der Waals surface area contributed by atoms with Crippen molar-refractivity contribution in [3.05, 3.63) is 40.7 Å². The summed E-state index contributed by atoms with van der Waals surface area (Å²) < 4.78 is 18.0. The maximum absolute atomic E-state index is 13.4. The smallest absolute Gasteiger partial charge is 0.331 e. The molecule has 0 aliphatic rings. The van der Waals surface area contributed by atoms with Crippen molar-refractivity contribution in [2.24, 2.45) is 0 Å².